The van der Waals surface area contributed by atoms with E-state index in [9.17, 15) is 9.59 Å². The second kappa shape index (κ2) is 7.83. The molecule has 112 valence electrons. The zero-order valence-electron chi connectivity index (χ0n) is 12.0. The number of nitrogens with zero attached hydrogens (tertiary/aromatic N) is 1. The van der Waals surface area contributed by atoms with Crippen molar-refractivity contribution in [3.8, 4) is 0 Å². The summed E-state index contributed by atoms with van der Waals surface area (Å²) in [6.45, 7) is 2.76. The molecule has 0 saturated carbocycles. The number of aliphatic imine (C=N–C) groups is 1. The molecule has 0 unspecified atom stereocenters. The molecule has 0 aromatic heterocycles. The number of aryl methyl sites for hydroxylation is 2. The average molecular weight is 305 g/mol. The van der Waals surface area contributed by atoms with Crippen molar-refractivity contribution in [3.05, 3.63) is 35.4 Å². The number of carbonyl (C=O) groups is 2. The number of benzene rings is 1. The molecule has 0 spiro atoms. The van der Waals surface area contributed by atoms with Crippen molar-refractivity contribution in [2.24, 2.45) is 4.99 Å². The molecule has 0 bridgehead atoms. The van der Waals surface area contributed by atoms with Crippen LogP contribution in [0.25, 0.3) is 0 Å². The Labute approximate surface area is 128 Å². The molecular weight excluding hydrogens is 286 g/mol. The lowest BCUT2D eigenvalue weighted by Gasteiger charge is -2.06. The largest absolute Gasteiger partial charge is 0.347 e. The van der Waals surface area contributed by atoms with Crippen molar-refractivity contribution in [3.63, 3.8) is 0 Å². The predicted molar refractivity (Wildman–Crippen MR) is 85.4 cm³/mol. The summed E-state index contributed by atoms with van der Waals surface area (Å²) in [7, 11) is 0. The fourth-order valence-electron chi connectivity index (χ4n) is 1.85. The summed E-state index contributed by atoms with van der Waals surface area (Å²) in [4.78, 5) is 27.4. The van der Waals surface area contributed by atoms with Crippen molar-refractivity contribution in [1.82, 2.24) is 10.6 Å². The van der Waals surface area contributed by atoms with Crippen LogP contribution in [-0.2, 0) is 16.0 Å². The number of amides is 2. The summed E-state index contributed by atoms with van der Waals surface area (Å²) < 4.78 is 0. The van der Waals surface area contributed by atoms with E-state index in [2.05, 4.69) is 15.6 Å². The van der Waals surface area contributed by atoms with Crippen LogP contribution in [0.2, 0.25) is 0 Å². The number of nitrogens with one attached hydrogen (secondary N) is 2. The minimum atomic E-state index is -0.230. The minimum absolute atomic E-state index is 0.00763. The molecule has 1 aromatic rings. The molecule has 1 aliphatic heterocycles. The Morgan fingerprint density at radius 3 is 2.67 bits per heavy atom. The van der Waals surface area contributed by atoms with Gasteiger partial charge in [-0.05, 0) is 18.9 Å². The monoisotopic (exact) mass is 305 g/mol. The maximum absolute atomic E-state index is 11.7. The van der Waals surface area contributed by atoms with Gasteiger partial charge >= 0.3 is 0 Å². The second-order valence-electron chi connectivity index (χ2n) is 4.85. The van der Waals surface area contributed by atoms with Crippen molar-refractivity contribution in [2.45, 2.75) is 19.8 Å². The number of rotatable bonds is 5. The van der Waals surface area contributed by atoms with Gasteiger partial charge in [-0.2, -0.15) is 0 Å². The zero-order chi connectivity index (χ0) is 15.1. The Morgan fingerprint density at radius 2 is 2.00 bits per heavy atom. The zero-order valence-corrected chi connectivity index (χ0v) is 12.8. The predicted octanol–water partition coefficient (Wildman–Crippen LogP) is 1.26. The summed E-state index contributed by atoms with van der Waals surface area (Å²) in [6, 6.07) is 8.09. The quantitative estimate of drug-likeness (QED) is 0.860. The van der Waals surface area contributed by atoms with Crippen LogP contribution in [0.4, 0.5) is 0 Å². The SMILES string of the molecule is Cc1ccc(CCC(=O)NCC(=O)NC2=NCCS2)cc1. The van der Waals surface area contributed by atoms with Gasteiger partial charge in [-0.1, -0.05) is 41.6 Å². The molecule has 0 radical (unpaired) electrons. The summed E-state index contributed by atoms with van der Waals surface area (Å²) >= 11 is 1.52. The van der Waals surface area contributed by atoms with Gasteiger partial charge in [0.25, 0.3) is 0 Å². The minimum Gasteiger partial charge on any atom is -0.347 e. The third-order valence-electron chi connectivity index (χ3n) is 3.04. The Kier molecular flexibility index (Phi) is 5.80. The second-order valence-corrected chi connectivity index (χ2v) is 5.93. The van der Waals surface area contributed by atoms with E-state index >= 15 is 0 Å². The van der Waals surface area contributed by atoms with Gasteiger partial charge in [0.2, 0.25) is 11.8 Å². The molecule has 2 N–H and O–H groups in total. The van der Waals surface area contributed by atoms with Crippen LogP contribution in [0, 0.1) is 6.92 Å². The van der Waals surface area contributed by atoms with E-state index in [0.29, 0.717) is 18.0 Å². The highest BCUT2D eigenvalue weighted by atomic mass is 32.2. The summed E-state index contributed by atoms with van der Waals surface area (Å²) in [5.74, 6) is 0.553. The number of carbonyl (C=O) groups excluding carboxylic acids is 2. The van der Waals surface area contributed by atoms with E-state index in [1.54, 1.807) is 0 Å². The molecule has 21 heavy (non-hydrogen) atoms. The molecule has 0 fully saturated rings. The molecule has 5 nitrogen and oxygen atoms in total. The first-order chi connectivity index (χ1) is 10.1. The summed E-state index contributed by atoms with van der Waals surface area (Å²) in [6.07, 6.45) is 1.06. The van der Waals surface area contributed by atoms with Crippen LogP contribution in [0.3, 0.4) is 0 Å². The van der Waals surface area contributed by atoms with Gasteiger partial charge < -0.3 is 10.6 Å². The highest BCUT2D eigenvalue weighted by Crippen LogP contribution is 2.08. The molecule has 0 atom stereocenters. The smallest absolute Gasteiger partial charge is 0.245 e. The van der Waals surface area contributed by atoms with E-state index in [1.807, 2.05) is 31.2 Å². The molecule has 6 heteroatoms. The van der Waals surface area contributed by atoms with Gasteiger partial charge in [0.15, 0.2) is 5.17 Å². The van der Waals surface area contributed by atoms with Crippen molar-refractivity contribution in [2.75, 3.05) is 18.8 Å². The molecule has 2 amide bonds. The maximum Gasteiger partial charge on any atom is 0.245 e. The van der Waals surface area contributed by atoms with Gasteiger partial charge in [-0.3, -0.25) is 14.6 Å². The highest BCUT2D eigenvalue weighted by Gasteiger charge is 2.11. The first-order valence-corrected chi connectivity index (χ1v) is 7.91. The normalized spacial score (nSPS) is 13.7. The fraction of sp³-hybridized carbons (Fsp3) is 0.400. The van der Waals surface area contributed by atoms with Crippen LogP contribution in [0.15, 0.2) is 29.3 Å². The average Bonchev–Trinajstić information content (AvgIpc) is 2.97. The lowest BCUT2D eigenvalue weighted by atomic mass is 10.1. The summed E-state index contributed by atoms with van der Waals surface area (Å²) in [5.41, 5.74) is 2.32. The Balaban J connectivity index is 1.65. The van der Waals surface area contributed by atoms with Crippen molar-refractivity contribution >= 4 is 28.7 Å². The van der Waals surface area contributed by atoms with E-state index in [1.165, 1.54) is 17.3 Å². The molecule has 0 aliphatic carbocycles. The van der Waals surface area contributed by atoms with Gasteiger partial charge in [-0.25, -0.2) is 0 Å². The Bertz CT molecular complexity index is 540. The molecular formula is C15H19N3O2S. The van der Waals surface area contributed by atoms with Crippen LogP contribution in [0.1, 0.15) is 17.5 Å². The van der Waals surface area contributed by atoms with Gasteiger partial charge in [0.05, 0.1) is 13.1 Å². The summed E-state index contributed by atoms with van der Waals surface area (Å²) in [5, 5.41) is 5.94. The van der Waals surface area contributed by atoms with Gasteiger partial charge in [-0.15, -0.1) is 0 Å². The van der Waals surface area contributed by atoms with Gasteiger partial charge in [0, 0.05) is 12.2 Å². The van der Waals surface area contributed by atoms with Gasteiger partial charge in [0.1, 0.15) is 0 Å². The van der Waals surface area contributed by atoms with Crippen LogP contribution < -0.4 is 10.6 Å². The van der Waals surface area contributed by atoms with E-state index in [-0.39, 0.29) is 18.4 Å². The Morgan fingerprint density at radius 1 is 1.24 bits per heavy atom. The highest BCUT2D eigenvalue weighted by molar-refractivity contribution is 8.14. The molecule has 0 saturated heterocycles. The third kappa shape index (κ3) is 5.59. The Hall–Kier alpha value is -1.82. The lowest BCUT2D eigenvalue weighted by molar-refractivity contribution is -0.125. The van der Waals surface area contributed by atoms with E-state index < -0.39 is 0 Å². The molecule has 1 aromatic carbocycles. The first kappa shape index (κ1) is 15.6. The molecule has 1 heterocycles. The first-order valence-electron chi connectivity index (χ1n) is 6.93. The standard InChI is InChI=1S/C15H19N3O2S/c1-11-2-4-12(5-3-11)6-7-13(19)17-10-14(20)18-15-16-8-9-21-15/h2-5H,6-10H2,1H3,(H,17,19)(H,16,18,20). The third-order valence-corrected chi connectivity index (χ3v) is 3.93. The van der Waals surface area contributed by atoms with Crippen LogP contribution in [0.5, 0.6) is 0 Å². The number of thioether (sulfide) groups is 1. The van der Waals surface area contributed by atoms with E-state index in [4.69, 9.17) is 0 Å². The number of hydrogen-bond acceptors (Lipinski definition) is 4. The lowest BCUT2D eigenvalue weighted by Crippen LogP contribution is -2.38. The van der Waals surface area contributed by atoms with E-state index in [0.717, 1.165) is 17.9 Å². The molecule has 2 rings (SSSR count). The fourth-order valence-corrected chi connectivity index (χ4v) is 2.60. The van der Waals surface area contributed by atoms with Crippen molar-refractivity contribution in [1.29, 1.82) is 0 Å². The maximum atomic E-state index is 11.7. The van der Waals surface area contributed by atoms with Crippen LogP contribution >= 0.6 is 11.8 Å². The topological polar surface area (TPSA) is 70.6 Å². The number of amidine groups is 1. The van der Waals surface area contributed by atoms with Crippen molar-refractivity contribution < 1.29 is 9.59 Å². The molecule has 1 aliphatic rings. The number of hydrogen-bond donors (Lipinski definition) is 2. The van der Waals surface area contributed by atoms with Crippen LogP contribution in [-0.4, -0.2) is 35.8 Å².